The first-order valence-electron chi connectivity index (χ1n) is 10.4. The fourth-order valence-electron chi connectivity index (χ4n) is 4.63. The van der Waals surface area contributed by atoms with Gasteiger partial charge in [0.25, 0.3) is 0 Å². The van der Waals surface area contributed by atoms with Crippen molar-refractivity contribution in [2.75, 3.05) is 44.7 Å². The van der Waals surface area contributed by atoms with Crippen LogP contribution in [0.3, 0.4) is 0 Å². The molecular weight excluding hydrogens is 389 g/mol. The maximum atomic E-state index is 15.3. The highest BCUT2D eigenvalue weighted by Crippen LogP contribution is 2.38. The van der Waals surface area contributed by atoms with Crippen LogP contribution in [0.5, 0.6) is 0 Å². The van der Waals surface area contributed by atoms with Gasteiger partial charge in [0, 0.05) is 44.8 Å². The van der Waals surface area contributed by atoms with Gasteiger partial charge < -0.3 is 14.2 Å². The Morgan fingerprint density at radius 2 is 1.93 bits per heavy atom. The molecule has 2 aliphatic rings. The van der Waals surface area contributed by atoms with E-state index in [1.807, 2.05) is 11.8 Å². The molecule has 0 bridgehead atoms. The summed E-state index contributed by atoms with van der Waals surface area (Å²) in [5, 5.41) is 0.0404. The number of halogens is 1. The number of aromatic nitrogens is 1. The van der Waals surface area contributed by atoms with Gasteiger partial charge in [-0.05, 0) is 26.0 Å². The van der Waals surface area contributed by atoms with Crippen molar-refractivity contribution < 1.29 is 18.7 Å². The highest BCUT2D eigenvalue weighted by Gasteiger charge is 2.34. The molecule has 0 spiro atoms. The molecule has 0 aliphatic carbocycles. The summed E-state index contributed by atoms with van der Waals surface area (Å²) in [7, 11) is 1.20. The van der Waals surface area contributed by atoms with Crippen molar-refractivity contribution in [1.29, 1.82) is 0 Å². The van der Waals surface area contributed by atoms with Crippen LogP contribution in [-0.2, 0) is 4.74 Å². The number of carbonyl (C=O) groups excluding carboxylic acids is 2. The molecule has 3 heterocycles. The number of rotatable bonds is 4. The molecule has 30 heavy (non-hydrogen) atoms. The Morgan fingerprint density at radius 1 is 1.23 bits per heavy atom. The number of ketones is 1. The monoisotopic (exact) mass is 415 g/mol. The lowest BCUT2D eigenvalue weighted by Gasteiger charge is -2.38. The number of carbonyl (C=O) groups is 2. The average molecular weight is 415 g/mol. The Kier molecular flexibility index (Phi) is 5.36. The van der Waals surface area contributed by atoms with E-state index < -0.39 is 17.2 Å². The van der Waals surface area contributed by atoms with Crippen LogP contribution in [0.4, 0.5) is 10.1 Å². The molecule has 0 amide bonds. The Hall–Kier alpha value is -2.74. The number of ether oxygens (including phenoxy) is 1. The third-order valence-corrected chi connectivity index (χ3v) is 6.11. The second-order valence-electron chi connectivity index (χ2n) is 8.05. The van der Waals surface area contributed by atoms with E-state index in [1.54, 1.807) is 4.57 Å². The third kappa shape index (κ3) is 3.19. The molecule has 1 atom stereocenters. The fourth-order valence-corrected chi connectivity index (χ4v) is 4.63. The van der Waals surface area contributed by atoms with Crippen LogP contribution in [0, 0.1) is 5.82 Å². The largest absolute Gasteiger partial charge is 0.465 e. The number of hydrogen-bond donors (Lipinski definition) is 0. The SMILES string of the molecule is CCCN1CCN(c2c(F)cc3c(=O)c(C(=O)OC)cn4c3c2C(=O)CC4C)CC1. The number of methoxy groups -OCH3 is 1. The molecule has 8 heteroatoms. The van der Waals surface area contributed by atoms with Gasteiger partial charge in [-0.15, -0.1) is 0 Å². The topological polar surface area (TPSA) is 71.9 Å². The van der Waals surface area contributed by atoms with E-state index in [-0.39, 0.29) is 40.4 Å². The number of anilines is 1. The first-order chi connectivity index (χ1) is 14.4. The van der Waals surface area contributed by atoms with Crippen LogP contribution in [0.2, 0.25) is 0 Å². The average Bonchev–Trinajstić information content (AvgIpc) is 2.73. The van der Waals surface area contributed by atoms with Gasteiger partial charge in [-0.1, -0.05) is 6.92 Å². The van der Waals surface area contributed by atoms with Crippen LogP contribution in [0.15, 0.2) is 17.1 Å². The highest BCUT2D eigenvalue weighted by atomic mass is 19.1. The van der Waals surface area contributed by atoms with Crippen molar-refractivity contribution in [1.82, 2.24) is 9.47 Å². The molecule has 1 aromatic carbocycles. The summed E-state index contributed by atoms with van der Waals surface area (Å²) in [6.07, 6.45) is 2.68. The first-order valence-corrected chi connectivity index (χ1v) is 10.4. The van der Waals surface area contributed by atoms with Gasteiger partial charge in [0.2, 0.25) is 5.43 Å². The summed E-state index contributed by atoms with van der Waals surface area (Å²) < 4.78 is 21.8. The zero-order chi connectivity index (χ0) is 21.6. The molecule has 0 saturated carbocycles. The van der Waals surface area contributed by atoms with Crippen LogP contribution in [-0.4, -0.2) is 61.1 Å². The molecule has 1 unspecified atom stereocenters. The molecular formula is C22H26FN3O4. The van der Waals surface area contributed by atoms with Crippen molar-refractivity contribution in [3.8, 4) is 0 Å². The van der Waals surface area contributed by atoms with Gasteiger partial charge in [0.15, 0.2) is 5.78 Å². The highest BCUT2D eigenvalue weighted by molar-refractivity contribution is 6.13. The van der Waals surface area contributed by atoms with E-state index in [2.05, 4.69) is 11.8 Å². The normalized spacial score (nSPS) is 19.4. The lowest BCUT2D eigenvalue weighted by Crippen LogP contribution is -2.47. The zero-order valence-electron chi connectivity index (χ0n) is 17.5. The van der Waals surface area contributed by atoms with Gasteiger partial charge in [-0.2, -0.15) is 0 Å². The van der Waals surface area contributed by atoms with Crippen LogP contribution in [0.1, 0.15) is 53.4 Å². The molecule has 160 valence electrons. The van der Waals surface area contributed by atoms with Gasteiger partial charge in [0.1, 0.15) is 11.4 Å². The predicted octanol–water partition coefficient (Wildman–Crippen LogP) is 2.61. The number of Topliss-reactive ketones (excluding diaryl/α,β-unsaturated/α-hetero) is 1. The molecule has 1 fully saturated rings. The lowest BCUT2D eigenvalue weighted by atomic mass is 9.92. The minimum atomic E-state index is -0.771. The Morgan fingerprint density at radius 3 is 2.57 bits per heavy atom. The summed E-state index contributed by atoms with van der Waals surface area (Å²) in [6, 6.07) is 0.916. The third-order valence-electron chi connectivity index (χ3n) is 6.11. The van der Waals surface area contributed by atoms with Crippen molar-refractivity contribution >= 4 is 28.3 Å². The van der Waals surface area contributed by atoms with Crippen molar-refractivity contribution in [2.24, 2.45) is 0 Å². The van der Waals surface area contributed by atoms with Gasteiger partial charge in [-0.25, -0.2) is 9.18 Å². The predicted molar refractivity (Wildman–Crippen MR) is 112 cm³/mol. The molecule has 2 aliphatic heterocycles. The quantitative estimate of drug-likeness (QED) is 0.715. The maximum Gasteiger partial charge on any atom is 0.343 e. The molecule has 2 aromatic rings. The van der Waals surface area contributed by atoms with Crippen LogP contribution < -0.4 is 10.3 Å². The van der Waals surface area contributed by atoms with Crippen LogP contribution in [0.25, 0.3) is 10.9 Å². The van der Waals surface area contributed by atoms with Gasteiger partial charge in [-0.3, -0.25) is 14.5 Å². The zero-order valence-corrected chi connectivity index (χ0v) is 17.5. The maximum absolute atomic E-state index is 15.3. The summed E-state index contributed by atoms with van der Waals surface area (Å²) >= 11 is 0. The minimum absolute atomic E-state index is 0.0404. The Labute approximate surface area is 174 Å². The van der Waals surface area contributed by atoms with E-state index in [0.29, 0.717) is 18.6 Å². The summed E-state index contributed by atoms with van der Waals surface area (Å²) in [5.41, 5.74) is 0.158. The van der Waals surface area contributed by atoms with E-state index in [9.17, 15) is 14.4 Å². The summed E-state index contributed by atoms with van der Waals surface area (Å²) in [6.45, 7) is 7.78. The number of benzene rings is 1. The van der Waals surface area contributed by atoms with E-state index in [1.165, 1.54) is 19.4 Å². The van der Waals surface area contributed by atoms with Gasteiger partial charge in [0.05, 0.1) is 29.3 Å². The number of esters is 1. The van der Waals surface area contributed by atoms with Crippen LogP contribution >= 0.6 is 0 Å². The summed E-state index contributed by atoms with van der Waals surface area (Å²) in [4.78, 5) is 42.3. The molecule has 1 saturated heterocycles. The number of hydrogen-bond acceptors (Lipinski definition) is 6. The molecule has 1 aromatic heterocycles. The van der Waals surface area contributed by atoms with E-state index in [0.717, 1.165) is 26.1 Å². The van der Waals surface area contributed by atoms with Crippen molar-refractivity contribution in [3.63, 3.8) is 0 Å². The first kappa shape index (κ1) is 20.5. The second-order valence-corrected chi connectivity index (χ2v) is 8.05. The fraction of sp³-hybridized carbons (Fsp3) is 0.500. The van der Waals surface area contributed by atoms with Gasteiger partial charge >= 0.3 is 5.97 Å². The lowest BCUT2D eigenvalue weighted by molar-refractivity contribution is 0.0598. The number of pyridine rings is 1. The van der Waals surface area contributed by atoms with Crippen molar-refractivity contribution in [3.05, 3.63) is 39.4 Å². The minimum Gasteiger partial charge on any atom is -0.465 e. The summed E-state index contributed by atoms with van der Waals surface area (Å²) in [5.74, 6) is -1.55. The molecule has 7 nitrogen and oxygen atoms in total. The molecule has 0 N–H and O–H groups in total. The van der Waals surface area contributed by atoms with E-state index in [4.69, 9.17) is 4.74 Å². The molecule has 0 radical (unpaired) electrons. The van der Waals surface area contributed by atoms with Crippen molar-refractivity contribution in [2.45, 2.75) is 32.7 Å². The standard InChI is InChI=1S/C22H26FN3O4/c1-4-5-24-6-8-25(9-7-24)20-16(23)11-14-19-18(20)17(27)10-13(2)26(19)12-15(21(14)28)22(29)30-3/h11-13H,4-10H2,1-3H3. The second kappa shape index (κ2) is 7.83. The number of piperazine rings is 1. The smallest absolute Gasteiger partial charge is 0.343 e. The number of nitrogens with zero attached hydrogens (tertiary/aromatic N) is 3. The Bertz CT molecular complexity index is 1090. The van der Waals surface area contributed by atoms with E-state index >= 15 is 4.39 Å². The Balaban J connectivity index is 1.92. The molecule has 4 rings (SSSR count).